The topological polar surface area (TPSA) is 169 Å². The van der Waals surface area contributed by atoms with Crippen molar-refractivity contribution in [3.05, 3.63) is 178 Å². The van der Waals surface area contributed by atoms with Crippen LogP contribution >= 0.6 is 12.4 Å². The number of hydrogen-bond donors (Lipinski definition) is 4. The molecule has 0 aromatic heterocycles. The molecule has 0 spiro atoms. The number of aryl methyl sites for hydroxylation is 4. The second-order valence-corrected chi connectivity index (χ2v) is 17.3. The van der Waals surface area contributed by atoms with Crippen LogP contribution in [0.15, 0.2) is 133 Å². The van der Waals surface area contributed by atoms with Gasteiger partial charge in [-0.15, -0.1) is 12.4 Å². The molecule has 0 aliphatic carbocycles. The lowest BCUT2D eigenvalue weighted by molar-refractivity contribution is 0.0592. The number of esters is 2. The van der Waals surface area contributed by atoms with Crippen molar-refractivity contribution < 1.29 is 28.7 Å². The number of halogens is 1. The predicted molar refractivity (Wildman–Crippen MR) is 280 cm³/mol. The van der Waals surface area contributed by atoms with Crippen molar-refractivity contribution in [1.29, 1.82) is 0 Å². The first-order valence-electron chi connectivity index (χ1n) is 23.5. The number of ether oxygens (including phenoxy) is 2. The van der Waals surface area contributed by atoms with Crippen LogP contribution < -0.4 is 31.9 Å². The normalized spacial score (nSPS) is 13.2. The molecule has 360 valence electrons. The Balaban J connectivity index is 0.000000224. The Bertz CT molecular complexity index is 2460. The Labute approximate surface area is 411 Å². The summed E-state index contributed by atoms with van der Waals surface area (Å²) in [6.07, 6.45) is 10.7. The van der Waals surface area contributed by atoms with Crippen molar-refractivity contribution in [3.8, 4) is 0 Å². The molecule has 6 N–H and O–H groups in total. The number of benzene rings is 6. The maximum absolute atomic E-state index is 12.9. The van der Waals surface area contributed by atoms with Crippen molar-refractivity contribution in [3.63, 3.8) is 0 Å². The summed E-state index contributed by atoms with van der Waals surface area (Å²) in [6.45, 7) is 4.06. The van der Waals surface area contributed by atoms with E-state index in [0.29, 0.717) is 33.6 Å². The molecule has 12 nitrogen and oxygen atoms in total. The molecule has 2 saturated heterocycles. The van der Waals surface area contributed by atoms with Gasteiger partial charge in [0.2, 0.25) is 0 Å². The SMILES string of the molecule is COC(=O)c1ccc(CCc2ccc(NC(=O)c3cc(N4CCCCC4)ccc3N)cc2)cc1.COC(=O)c1ccc(CCc2ccc(NC(=O)c3cc(N4CCCCC4)ccc3N)cc2)cc1.Cl. The highest BCUT2D eigenvalue weighted by atomic mass is 35.5. The number of carbonyl (C=O) groups is 4. The number of hydrogen-bond acceptors (Lipinski definition) is 10. The van der Waals surface area contributed by atoms with Crippen LogP contribution in [0.3, 0.4) is 0 Å². The number of amides is 2. The summed E-state index contributed by atoms with van der Waals surface area (Å²) >= 11 is 0. The molecule has 0 bridgehead atoms. The largest absolute Gasteiger partial charge is 0.465 e. The number of carbonyl (C=O) groups excluding carboxylic acids is 4. The number of nitrogen functional groups attached to an aromatic ring is 2. The maximum Gasteiger partial charge on any atom is 0.337 e. The fourth-order valence-corrected chi connectivity index (χ4v) is 8.51. The van der Waals surface area contributed by atoms with E-state index >= 15 is 0 Å². The monoisotopic (exact) mass is 950 g/mol. The molecule has 2 fully saturated rings. The zero-order valence-corrected chi connectivity index (χ0v) is 40.3. The lowest BCUT2D eigenvalue weighted by Crippen LogP contribution is -2.29. The van der Waals surface area contributed by atoms with E-state index in [9.17, 15) is 19.2 Å². The number of piperidine rings is 2. The Morgan fingerprint density at radius 2 is 0.754 bits per heavy atom. The van der Waals surface area contributed by atoms with Gasteiger partial charge in [0.1, 0.15) is 0 Å². The van der Waals surface area contributed by atoms with Gasteiger partial charge >= 0.3 is 11.9 Å². The van der Waals surface area contributed by atoms with Crippen LogP contribution in [0.1, 0.15) is 102 Å². The molecule has 6 aromatic rings. The van der Waals surface area contributed by atoms with Gasteiger partial charge < -0.3 is 41.4 Å². The van der Waals surface area contributed by atoms with E-state index in [1.807, 2.05) is 109 Å². The molecule has 0 unspecified atom stereocenters. The van der Waals surface area contributed by atoms with Crippen LogP contribution in [0.2, 0.25) is 0 Å². The second kappa shape index (κ2) is 25.2. The van der Waals surface area contributed by atoms with Gasteiger partial charge in [-0.1, -0.05) is 48.5 Å². The van der Waals surface area contributed by atoms with Gasteiger partial charge in [-0.3, -0.25) is 9.59 Å². The first kappa shape index (κ1) is 51.1. The number of nitrogens with zero attached hydrogens (tertiary/aromatic N) is 2. The third-order valence-corrected chi connectivity index (χ3v) is 12.6. The van der Waals surface area contributed by atoms with Crippen LogP contribution in [0, 0.1) is 0 Å². The molecule has 2 aliphatic heterocycles. The summed E-state index contributed by atoms with van der Waals surface area (Å²) < 4.78 is 9.47. The van der Waals surface area contributed by atoms with E-state index in [-0.39, 0.29) is 36.2 Å². The highest BCUT2D eigenvalue weighted by Gasteiger charge is 2.18. The van der Waals surface area contributed by atoms with Gasteiger partial charge in [0.05, 0.1) is 36.5 Å². The van der Waals surface area contributed by atoms with Gasteiger partial charge in [-0.25, -0.2) is 9.59 Å². The smallest absolute Gasteiger partial charge is 0.337 e. The quantitative estimate of drug-likeness (QED) is 0.0609. The lowest BCUT2D eigenvalue weighted by atomic mass is 10.0. The standard InChI is InChI=1S/2C28H31N3O3.ClH/c2*1-34-28(33)22-11-7-20(8-12-22)5-6-21-9-13-23(14-10-21)30-27(32)25-19-24(15-16-26(25)29)31-17-3-2-4-18-31;/h2*7-16,19H,2-6,17-18,29H2,1H3,(H,30,32);1H. The van der Waals surface area contributed by atoms with Gasteiger partial charge in [-0.2, -0.15) is 0 Å². The molecule has 2 amide bonds. The molecule has 2 heterocycles. The number of methoxy groups -OCH3 is 2. The summed E-state index contributed by atoms with van der Waals surface area (Å²) in [5.41, 5.74) is 23.5. The van der Waals surface area contributed by atoms with Crippen molar-refractivity contribution in [2.75, 3.05) is 72.3 Å². The molecule has 13 heteroatoms. The van der Waals surface area contributed by atoms with Gasteiger partial charge in [0, 0.05) is 60.3 Å². The van der Waals surface area contributed by atoms with E-state index in [4.69, 9.17) is 20.9 Å². The van der Waals surface area contributed by atoms with Crippen LogP contribution in [-0.2, 0) is 35.2 Å². The molecular weight excluding hydrogens is 888 g/mol. The molecule has 6 aromatic carbocycles. The zero-order valence-electron chi connectivity index (χ0n) is 39.5. The molecular formula is C56H63ClN6O6. The van der Waals surface area contributed by atoms with Gasteiger partial charge in [0.15, 0.2) is 0 Å². The zero-order chi connectivity index (χ0) is 47.8. The van der Waals surface area contributed by atoms with Crippen molar-refractivity contribution >= 4 is 70.3 Å². The maximum atomic E-state index is 12.9. The Hall–Kier alpha value is -7.31. The minimum Gasteiger partial charge on any atom is -0.465 e. The third kappa shape index (κ3) is 14.4. The van der Waals surface area contributed by atoms with Crippen LogP contribution in [0.5, 0.6) is 0 Å². The summed E-state index contributed by atoms with van der Waals surface area (Å²) in [6, 6.07) is 42.1. The fraction of sp³-hybridized carbons (Fsp3) is 0.286. The highest BCUT2D eigenvalue weighted by molar-refractivity contribution is 6.09. The summed E-state index contributed by atoms with van der Waals surface area (Å²) in [4.78, 5) is 53.6. The summed E-state index contributed by atoms with van der Waals surface area (Å²) in [7, 11) is 2.76. The number of rotatable bonds is 14. The summed E-state index contributed by atoms with van der Waals surface area (Å²) in [5.74, 6) is -1.06. The van der Waals surface area contributed by atoms with Crippen molar-refractivity contribution in [2.24, 2.45) is 0 Å². The second-order valence-electron chi connectivity index (χ2n) is 17.3. The Morgan fingerprint density at radius 1 is 0.449 bits per heavy atom. The van der Waals surface area contributed by atoms with Crippen LogP contribution in [0.25, 0.3) is 0 Å². The Morgan fingerprint density at radius 3 is 1.06 bits per heavy atom. The number of nitrogens with two attached hydrogens (primary N) is 2. The molecule has 0 radical (unpaired) electrons. The lowest BCUT2D eigenvalue weighted by Gasteiger charge is -2.29. The average Bonchev–Trinajstić information content (AvgIpc) is 3.39. The first-order valence-corrected chi connectivity index (χ1v) is 23.5. The Kier molecular flexibility index (Phi) is 18.6. The highest BCUT2D eigenvalue weighted by Crippen LogP contribution is 2.27. The third-order valence-electron chi connectivity index (χ3n) is 12.6. The van der Waals surface area contributed by atoms with E-state index in [1.165, 1.54) is 63.9 Å². The molecule has 0 atom stereocenters. The van der Waals surface area contributed by atoms with E-state index in [1.54, 1.807) is 24.3 Å². The van der Waals surface area contributed by atoms with Crippen LogP contribution in [0.4, 0.5) is 34.1 Å². The van der Waals surface area contributed by atoms with Crippen molar-refractivity contribution in [1.82, 2.24) is 0 Å². The minimum absolute atomic E-state index is 0. The fourth-order valence-electron chi connectivity index (χ4n) is 8.51. The average molecular weight is 952 g/mol. The van der Waals surface area contributed by atoms with Gasteiger partial charge in [-0.05, 0) is 171 Å². The van der Waals surface area contributed by atoms with E-state index in [0.717, 1.165) is 85.7 Å². The number of anilines is 6. The molecule has 2 aliphatic rings. The molecule has 69 heavy (non-hydrogen) atoms. The molecule has 8 rings (SSSR count). The van der Waals surface area contributed by atoms with Gasteiger partial charge in [0.25, 0.3) is 11.8 Å². The molecule has 0 saturated carbocycles. The van der Waals surface area contributed by atoms with E-state index < -0.39 is 0 Å². The van der Waals surface area contributed by atoms with Crippen molar-refractivity contribution in [2.45, 2.75) is 64.2 Å². The number of nitrogens with one attached hydrogen (secondary N) is 2. The predicted octanol–water partition coefficient (Wildman–Crippen LogP) is 10.6. The minimum atomic E-state index is -0.329. The first-order chi connectivity index (χ1) is 33.1. The summed E-state index contributed by atoms with van der Waals surface area (Å²) in [5, 5.41) is 5.94. The van der Waals surface area contributed by atoms with E-state index in [2.05, 4.69) is 20.4 Å². The van der Waals surface area contributed by atoms with Crippen LogP contribution in [-0.4, -0.2) is 64.2 Å².